The second-order valence-electron chi connectivity index (χ2n) is 5.35. The molecule has 0 unspecified atom stereocenters. The van der Waals surface area contributed by atoms with Gasteiger partial charge in [0.1, 0.15) is 6.54 Å². The maximum atomic E-state index is 12.1. The van der Waals surface area contributed by atoms with Gasteiger partial charge in [-0.2, -0.15) is 4.98 Å². The van der Waals surface area contributed by atoms with Crippen molar-refractivity contribution >= 4 is 23.2 Å². The van der Waals surface area contributed by atoms with Gasteiger partial charge in [-0.1, -0.05) is 11.2 Å². The third-order valence-electron chi connectivity index (χ3n) is 3.24. The number of hydrogen-bond acceptors (Lipinski definition) is 6. The zero-order valence-corrected chi connectivity index (χ0v) is 13.9. The van der Waals surface area contributed by atoms with Crippen molar-refractivity contribution in [3.05, 3.63) is 23.4 Å². The standard InChI is InChI=1S/C15H19N3O4S/c1-10(2)18(9-14(20)21)13(19)7-3-6-12-16-15(17-22-12)11-5-4-8-23-11/h4-5,8,10H,3,6-7,9H2,1-2H3,(H,20,21). The summed E-state index contributed by atoms with van der Waals surface area (Å²) in [5.41, 5.74) is 0. The highest BCUT2D eigenvalue weighted by atomic mass is 32.1. The Bertz CT molecular complexity index is 651. The van der Waals surface area contributed by atoms with Crippen LogP contribution in [0.4, 0.5) is 0 Å². The smallest absolute Gasteiger partial charge is 0.323 e. The number of carboxylic acid groups (broad SMARTS) is 1. The summed E-state index contributed by atoms with van der Waals surface area (Å²) in [5.74, 6) is -0.156. The van der Waals surface area contributed by atoms with Gasteiger partial charge in [-0.25, -0.2) is 0 Å². The molecule has 124 valence electrons. The van der Waals surface area contributed by atoms with Gasteiger partial charge in [-0.15, -0.1) is 11.3 Å². The predicted molar refractivity (Wildman–Crippen MR) is 85.0 cm³/mol. The Hall–Kier alpha value is -2.22. The summed E-state index contributed by atoms with van der Waals surface area (Å²) in [6.07, 6.45) is 1.28. The fraction of sp³-hybridized carbons (Fsp3) is 0.467. The number of hydrogen-bond donors (Lipinski definition) is 1. The van der Waals surface area contributed by atoms with Crippen molar-refractivity contribution in [3.63, 3.8) is 0 Å². The molecule has 1 N–H and O–H groups in total. The molecule has 0 saturated heterocycles. The Kier molecular flexibility index (Phi) is 5.86. The highest BCUT2D eigenvalue weighted by Crippen LogP contribution is 2.21. The van der Waals surface area contributed by atoms with Crippen LogP contribution in [0.5, 0.6) is 0 Å². The molecule has 0 bridgehead atoms. The molecule has 0 fully saturated rings. The average molecular weight is 337 g/mol. The van der Waals surface area contributed by atoms with E-state index in [-0.39, 0.29) is 24.9 Å². The number of carbonyl (C=O) groups excluding carboxylic acids is 1. The first-order valence-electron chi connectivity index (χ1n) is 7.35. The number of rotatable bonds is 8. The largest absolute Gasteiger partial charge is 0.480 e. The van der Waals surface area contributed by atoms with Crippen molar-refractivity contribution in [1.29, 1.82) is 0 Å². The lowest BCUT2D eigenvalue weighted by atomic mass is 10.2. The zero-order chi connectivity index (χ0) is 16.8. The molecule has 0 aliphatic rings. The molecule has 1 amide bonds. The second-order valence-corrected chi connectivity index (χ2v) is 6.30. The van der Waals surface area contributed by atoms with Crippen molar-refractivity contribution in [2.24, 2.45) is 0 Å². The van der Waals surface area contributed by atoms with Gasteiger partial charge in [0.05, 0.1) is 4.88 Å². The third kappa shape index (κ3) is 4.88. The second kappa shape index (κ2) is 7.87. The number of nitrogens with zero attached hydrogens (tertiary/aromatic N) is 3. The van der Waals surface area contributed by atoms with Gasteiger partial charge in [0.2, 0.25) is 17.6 Å². The van der Waals surface area contributed by atoms with Gasteiger partial charge < -0.3 is 14.5 Å². The molecule has 2 aromatic rings. The first-order valence-corrected chi connectivity index (χ1v) is 8.23. The van der Waals surface area contributed by atoms with Gasteiger partial charge in [0.15, 0.2) is 0 Å². The zero-order valence-electron chi connectivity index (χ0n) is 13.1. The molecule has 2 heterocycles. The maximum absolute atomic E-state index is 12.1. The van der Waals surface area contributed by atoms with E-state index in [0.717, 1.165) is 4.88 Å². The Labute approximate surface area is 137 Å². The third-order valence-corrected chi connectivity index (χ3v) is 4.11. The number of aromatic nitrogens is 2. The minimum Gasteiger partial charge on any atom is -0.480 e. The van der Waals surface area contributed by atoms with E-state index in [1.54, 1.807) is 13.8 Å². The van der Waals surface area contributed by atoms with Gasteiger partial charge >= 0.3 is 5.97 Å². The summed E-state index contributed by atoms with van der Waals surface area (Å²) in [6.45, 7) is 3.32. The normalized spacial score (nSPS) is 10.9. The van der Waals surface area contributed by atoms with Gasteiger partial charge in [0, 0.05) is 18.9 Å². The fourth-order valence-corrected chi connectivity index (χ4v) is 2.75. The molecule has 23 heavy (non-hydrogen) atoms. The summed E-state index contributed by atoms with van der Waals surface area (Å²) in [4.78, 5) is 29.5. The minimum atomic E-state index is -1.01. The van der Waals surface area contributed by atoms with Crippen LogP contribution in [0.25, 0.3) is 10.7 Å². The van der Waals surface area contributed by atoms with Crippen molar-refractivity contribution in [3.8, 4) is 10.7 Å². The summed E-state index contributed by atoms with van der Waals surface area (Å²) in [5, 5.41) is 14.7. The van der Waals surface area contributed by atoms with Crippen LogP contribution in [-0.4, -0.2) is 44.6 Å². The molecule has 0 aliphatic heterocycles. The minimum absolute atomic E-state index is 0.146. The van der Waals surface area contributed by atoms with E-state index in [2.05, 4.69) is 10.1 Å². The van der Waals surface area contributed by atoms with E-state index in [9.17, 15) is 9.59 Å². The van der Waals surface area contributed by atoms with Crippen molar-refractivity contribution in [2.75, 3.05) is 6.54 Å². The summed E-state index contributed by atoms with van der Waals surface area (Å²) in [6, 6.07) is 3.68. The molecule has 2 rings (SSSR count). The molecule has 8 heteroatoms. The number of aliphatic carboxylic acids is 1. The van der Waals surface area contributed by atoms with Crippen molar-refractivity contribution < 1.29 is 19.2 Å². The SMILES string of the molecule is CC(C)N(CC(=O)O)C(=O)CCCc1nc(-c2cccs2)no1. The van der Waals surface area contributed by atoms with Crippen LogP contribution in [0.2, 0.25) is 0 Å². The highest BCUT2D eigenvalue weighted by molar-refractivity contribution is 7.13. The molecule has 7 nitrogen and oxygen atoms in total. The Morgan fingerprint density at radius 1 is 1.43 bits per heavy atom. The van der Waals surface area contributed by atoms with Crippen LogP contribution in [0.3, 0.4) is 0 Å². The van der Waals surface area contributed by atoms with Gasteiger partial charge in [0.25, 0.3) is 0 Å². The number of carboxylic acids is 1. The lowest BCUT2D eigenvalue weighted by molar-refractivity contribution is -0.145. The number of carbonyl (C=O) groups is 2. The lowest BCUT2D eigenvalue weighted by Gasteiger charge is -2.24. The highest BCUT2D eigenvalue weighted by Gasteiger charge is 2.19. The first kappa shape index (κ1) is 17.1. The molecular weight excluding hydrogens is 318 g/mol. The van der Waals surface area contributed by atoms with Crippen LogP contribution in [0, 0.1) is 0 Å². The van der Waals surface area contributed by atoms with Gasteiger partial charge in [-0.05, 0) is 31.7 Å². The average Bonchev–Trinajstić information content (AvgIpc) is 3.14. The molecular formula is C15H19N3O4S. The van der Waals surface area contributed by atoms with Crippen LogP contribution >= 0.6 is 11.3 Å². The molecule has 0 radical (unpaired) electrons. The first-order chi connectivity index (χ1) is 11.0. The van der Waals surface area contributed by atoms with E-state index < -0.39 is 5.97 Å². The fourth-order valence-electron chi connectivity index (χ4n) is 2.10. The van der Waals surface area contributed by atoms with Crippen molar-refractivity contribution in [2.45, 2.75) is 39.2 Å². The predicted octanol–water partition coefficient (Wildman–Crippen LogP) is 2.44. The van der Waals surface area contributed by atoms with Crippen LogP contribution < -0.4 is 0 Å². The molecule has 0 atom stereocenters. The van der Waals surface area contributed by atoms with Crippen molar-refractivity contribution in [1.82, 2.24) is 15.0 Å². The van der Waals surface area contributed by atoms with E-state index in [0.29, 0.717) is 24.6 Å². The summed E-state index contributed by atoms with van der Waals surface area (Å²) < 4.78 is 5.17. The summed E-state index contributed by atoms with van der Waals surface area (Å²) in [7, 11) is 0. The maximum Gasteiger partial charge on any atom is 0.323 e. The van der Waals surface area contributed by atoms with Gasteiger partial charge in [-0.3, -0.25) is 9.59 Å². The monoisotopic (exact) mass is 337 g/mol. The Morgan fingerprint density at radius 3 is 2.83 bits per heavy atom. The Balaban J connectivity index is 1.84. The van der Waals surface area contributed by atoms with E-state index in [4.69, 9.17) is 9.63 Å². The number of aryl methyl sites for hydroxylation is 1. The van der Waals surface area contributed by atoms with Crippen LogP contribution in [0.15, 0.2) is 22.0 Å². The quantitative estimate of drug-likeness (QED) is 0.795. The van der Waals surface area contributed by atoms with E-state index in [1.165, 1.54) is 16.2 Å². The lowest BCUT2D eigenvalue weighted by Crippen LogP contribution is -2.40. The Morgan fingerprint density at radius 2 is 2.22 bits per heavy atom. The summed E-state index contributed by atoms with van der Waals surface area (Å²) >= 11 is 1.53. The topological polar surface area (TPSA) is 96.5 Å². The number of amides is 1. The molecule has 0 spiro atoms. The van der Waals surface area contributed by atoms with E-state index in [1.807, 2.05) is 17.5 Å². The van der Waals surface area contributed by atoms with Crippen LogP contribution in [0.1, 0.15) is 32.6 Å². The number of thiophene rings is 1. The van der Waals surface area contributed by atoms with Crippen LogP contribution in [-0.2, 0) is 16.0 Å². The molecule has 0 saturated carbocycles. The van der Waals surface area contributed by atoms with E-state index >= 15 is 0 Å². The molecule has 2 aromatic heterocycles. The molecule has 0 aliphatic carbocycles. The molecule has 0 aromatic carbocycles.